The second kappa shape index (κ2) is 6.73. The van der Waals surface area contributed by atoms with Crippen LogP contribution in [0.25, 0.3) is 0 Å². The molecule has 20 heavy (non-hydrogen) atoms. The summed E-state index contributed by atoms with van der Waals surface area (Å²) in [6.07, 6.45) is 3.30. The Balaban J connectivity index is 1.61. The molecule has 1 atom stereocenters. The molecule has 0 spiro atoms. The van der Waals surface area contributed by atoms with Crippen LogP contribution in [-0.4, -0.2) is 53.7 Å². The molecule has 1 aromatic rings. The molecular formula is C16H22N2OS. The highest BCUT2D eigenvalue weighted by Gasteiger charge is 2.30. The molecule has 2 saturated heterocycles. The highest BCUT2D eigenvalue weighted by Crippen LogP contribution is 2.24. The molecule has 2 aliphatic heterocycles. The molecule has 0 aliphatic carbocycles. The predicted octanol–water partition coefficient (Wildman–Crippen LogP) is 1.76. The maximum Gasteiger partial charge on any atom is 0.0540 e. The van der Waals surface area contributed by atoms with Gasteiger partial charge < -0.3 is 5.11 Å². The van der Waals surface area contributed by atoms with Crippen LogP contribution in [0.15, 0.2) is 11.4 Å². The summed E-state index contributed by atoms with van der Waals surface area (Å²) < 4.78 is 0. The maximum absolute atomic E-state index is 8.80. The predicted molar refractivity (Wildman–Crippen MR) is 82.8 cm³/mol. The van der Waals surface area contributed by atoms with Crippen LogP contribution in [0.3, 0.4) is 0 Å². The van der Waals surface area contributed by atoms with E-state index in [0.29, 0.717) is 6.42 Å². The van der Waals surface area contributed by atoms with E-state index in [0.717, 1.165) is 18.2 Å². The lowest BCUT2D eigenvalue weighted by molar-refractivity contribution is 0.100. The first kappa shape index (κ1) is 14.1. The lowest BCUT2D eigenvalue weighted by Crippen LogP contribution is -2.49. The first-order chi connectivity index (χ1) is 9.86. The van der Waals surface area contributed by atoms with Gasteiger partial charge in [0.15, 0.2) is 0 Å². The number of aliphatic hydroxyl groups is 1. The minimum atomic E-state index is 0.149. The van der Waals surface area contributed by atoms with Crippen LogP contribution in [-0.2, 0) is 6.54 Å². The number of fused-ring (bicyclic) bond motifs is 1. The Kier molecular flexibility index (Phi) is 4.74. The summed E-state index contributed by atoms with van der Waals surface area (Å²) in [5.41, 5.74) is 1.15. The Morgan fingerprint density at radius 2 is 2.30 bits per heavy atom. The van der Waals surface area contributed by atoms with Gasteiger partial charge in [-0.15, -0.1) is 11.3 Å². The Hall–Kier alpha value is -0.860. The number of thiophene rings is 1. The summed E-state index contributed by atoms with van der Waals surface area (Å²) in [4.78, 5) is 6.60. The van der Waals surface area contributed by atoms with Crippen molar-refractivity contribution in [3.8, 4) is 11.8 Å². The van der Waals surface area contributed by atoms with E-state index < -0.39 is 0 Å². The van der Waals surface area contributed by atoms with E-state index >= 15 is 0 Å². The van der Waals surface area contributed by atoms with Gasteiger partial charge in [-0.05, 0) is 30.8 Å². The zero-order valence-corrected chi connectivity index (χ0v) is 12.7. The van der Waals surface area contributed by atoms with Crippen molar-refractivity contribution in [3.63, 3.8) is 0 Å². The fraction of sp³-hybridized carbons (Fsp3) is 0.625. The van der Waals surface area contributed by atoms with E-state index in [1.165, 1.54) is 43.9 Å². The van der Waals surface area contributed by atoms with Crippen LogP contribution in [0, 0.1) is 11.8 Å². The molecule has 1 aromatic heterocycles. The third kappa shape index (κ3) is 3.24. The summed E-state index contributed by atoms with van der Waals surface area (Å²) >= 11 is 1.81. The molecule has 3 heterocycles. The highest BCUT2D eigenvalue weighted by atomic mass is 32.1. The molecule has 4 heteroatoms. The standard InChI is InChI=1S/C16H22N2OS/c19-10-2-1-4-14-6-11-20-16(14)13-17-8-9-18-7-3-5-15(18)12-17/h6,11,15,19H,2-3,5,7-10,12-13H2. The summed E-state index contributed by atoms with van der Waals surface area (Å²) in [7, 11) is 0. The molecule has 2 fully saturated rings. The quantitative estimate of drug-likeness (QED) is 0.860. The van der Waals surface area contributed by atoms with Crippen molar-refractivity contribution in [2.45, 2.75) is 31.8 Å². The molecule has 0 saturated carbocycles. The van der Waals surface area contributed by atoms with Crippen LogP contribution in [0.5, 0.6) is 0 Å². The average molecular weight is 290 g/mol. The fourth-order valence-corrected chi connectivity index (χ4v) is 4.06. The molecule has 3 nitrogen and oxygen atoms in total. The van der Waals surface area contributed by atoms with Gasteiger partial charge in [-0.2, -0.15) is 0 Å². The lowest BCUT2D eigenvalue weighted by Gasteiger charge is -2.37. The van der Waals surface area contributed by atoms with Gasteiger partial charge in [0.25, 0.3) is 0 Å². The monoisotopic (exact) mass is 290 g/mol. The Bertz CT molecular complexity index is 502. The van der Waals surface area contributed by atoms with E-state index in [-0.39, 0.29) is 6.61 Å². The van der Waals surface area contributed by atoms with E-state index in [1.54, 1.807) is 11.3 Å². The van der Waals surface area contributed by atoms with Crippen molar-refractivity contribution in [3.05, 3.63) is 21.9 Å². The van der Waals surface area contributed by atoms with Crippen molar-refractivity contribution in [2.24, 2.45) is 0 Å². The van der Waals surface area contributed by atoms with Gasteiger partial charge in [0.05, 0.1) is 6.61 Å². The summed E-state index contributed by atoms with van der Waals surface area (Å²) in [5.74, 6) is 6.23. The lowest BCUT2D eigenvalue weighted by atomic mass is 10.1. The van der Waals surface area contributed by atoms with E-state index in [9.17, 15) is 0 Å². The number of hydrogen-bond acceptors (Lipinski definition) is 4. The average Bonchev–Trinajstić information content (AvgIpc) is 3.08. The normalized spacial score (nSPS) is 23.4. The topological polar surface area (TPSA) is 26.7 Å². The molecule has 0 bridgehead atoms. The van der Waals surface area contributed by atoms with Gasteiger partial charge in [-0.25, -0.2) is 0 Å². The van der Waals surface area contributed by atoms with Gasteiger partial charge in [0.1, 0.15) is 0 Å². The zero-order chi connectivity index (χ0) is 13.8. The highest BCUT2D eigenvalue weighted by molar-refractivity contribution is 7.10. The van der Waals surface area contributed by atoms with Crippen molar-refractivity contribution in [2.75, 3.05) is 32.8 Å². The molecule has 0 amide bonds. The Morgan fingerprint density at radius 1 is 1.35 bits per heavy atom. The van der Waals surface area contributed by atoms with Crippen molar-refractivity contribution in [1.82, 2.24) is 9.80 Å². The maximum atomic E-state index is 8.80. The number of aliphatic hydroxyl groups excluding tert-OH is 1. The molecule has 2 aliphatic rings. The van der Waals surface area contributed by atoms with E-state index in [4.69, 9.17) is 5.11 Å². The minimum absolute atomic E-state index is 0.149. The molecule has 3 rings (SSSR count). The Labute approximate surface area is 125 Å². The molecule has 0 radical (unpaired) electrons. The van der Waals surface area contributed by atoms with Crippen LogP contribution in [0.1, 0.15) is 29.7 Å². The molecular weight excluding hydrogens is 268 g/mol. The van der Waals surface area contributed by atoms with Gasteiger partial charge in [0.2, 0.25) is 0 Å². The summed E-state index contributed by atoms with van der Waals surface area (Å²) in [5, 5.41) is 10.9. The number of hydrogen-bond donors (Lipinski definition) is 1. The first-order valence-electron chi connectivity index (χ1n) is 7.49. The van der Waals surface area contributed by atoms with Crippen LogP contribution < -0.4 is 0 Å². The van der Waals surface area contributed by atoms with Crippen LogP contribution in [0.4, 0.5) is 0 Å². The zero-order valence-electron chi connectivity index (χ0n) is 11.8. The smallest absolute Gasteiger partial charge is 0.0540 e. The summed E-state index contributed by atoms with van der Waals surface area (Å²) in [6.45, 7) is 6.09. The SMILES string of the molecule is OCCC#Cc1ccsc1CN1CCN2CCCC2C1. The molecule has 1 N–H and O–H groups in total. The van der Waals surface area contributed by atoms with Crippen molar-refractivity contribution < 1.29 is 5.11 Å². The largest absolute Gasteiger partial charge is 0.395 e. The van der Waals surface area contributed by atoms with Gasteiger partial charge in [0, 0.05) is 49.1 Å². The third-order valence-corrected chi connectivity index (χ3v) is 5.15. The van der Waals surface area contributed by atoms with Gasteiger partial charge in [-0.3, -0.25) is 9.80 Å². The van der Waals surface area contributed by atoms with Gasteiger partial charge in [-0.1, -0.05) is 11.8 Å². The summed E-state index contributed by atoms with van der Waals surface area (Å²) in [6, 6.07) is 2.89. The van der Waals surface area contributed by atoms with Crippen LogP contribution >= 0.6 is 11.3 Å². The van der Waals surface area contributed by atoms with Gasteiger partial charge >= 0.3 is 0 Å². The Morgan fingerprint density at radius 3 is 3.20 bits per heavy atom. The fourth-order valence-electron chi connectivity index (χ4n) is 3.19. The van der Waals surface area contributed by atoms with Crippen molar-refractivity contribution >= 4 is 11.3 Å². The van der Waals surface area contributed by atoms with Crippen LogP contribution in [0.2, 0.25) is 0 Å². The third-order valence-electron chi connectivity index (χ3n) is 4.24. The minimum Gasteiger partial charge on any atom is -0.395 e. The van der Waals surface area contributed by atoms with E-state index in [1.807, 2.05) is 0 Å². The molecule has 1 unspecified atom stereocenters. The second-order valence-corrected chi connectivity index (χ2v) is 6.60. The first-order valence-corrected chi connectivity index (χ1v) is 8.37. The molecule has 108 valence electrons. The molecule has 0 aromatic carbocycles. The number of rotatable bonds is 3. The second-order valence-electron chi connectivity index (χ2n) is 5.60. The number of nitrogens with zero attached hydrogens (tertiary/aromatic N) is 2. The van der Waals surface area contributed by atoms with Crippen molar-refractivity contribution in [1.29, 1.82) is 0 Å². The van der Waals surface area contributed by atoms with E-state index in [2.05, 4.69) is 33.1 Å². The number of piperazine rings is 1.